The van der Waals surface area contributed by atoms with Gasteiger partial charge in [0.1, 0.15) is 11.5 Å². The highest BCUT2D eigenvalue weighted by atomic mass is 16.5. The molecule has 0 aromatic heterocycles. The summed E-state index contributed by atoms with van der Waals surface area (Å²) in [5.74, 6) is -0.229. The van der Waals surface area contributed by atoms with Gasteiger partial charge in [-0.15, -0.1) is 0 Å². The van der Waals surface area contributed by atoms with Crippen molar-refractivity contribution in [1.82, 2.24) is 4.90 Å². The molecule has 0 bridgehead atoms. The molecule has 1 atom stereocenters. The third-order valence-electron chi connectivity index (χ3n) is 3.43. The quantitative estimate of drug-likeness (QED) is 0.881. The Hall–Kier alpha value is -2.44. The second-order valence-electron chi connectivity index (χ2n) is 4.80. The first-order valence-corrected chi connectivity index (χ1v) is 6.55. The predicted molar refractivity (Wildman–Crippen MR) is 75.9 cm³/mol. The van der Waals surface area contributed by atoms with Crippen LogP contribution in [0.4, 0.5) is 10.5 Å². The Morgan fingerprint density at radius 2 is 1.86 bits per heavy atom. The molecule has 0 radical (unpaired) electrons. The maximum Gasteiger partial charge on any atom is 0.321 e. The van der Waals surface area contributed by atoms with E-state index in [4.69, 9.17) is 14.6 Å². The number of aliphatic carboxylic acids is 1. The summed E-state index contributed by atoms with van der Waals surface area (Å²) in [5, 5.41) is 11.7. The van der Waals surface area contributed by atoms with Crippen LogP contribution >= 0.6 is 0 Å². The minimum Gasteiger partial charge on any atom is -0.497 e. The molecule has 1 aromatic rings. The molecule has 7 heteroatoms. The highest BCUT2D eigenvalue weighted by molar-refractivity contribution is 5.90. The summed E-state index contributed by atoms with van der Waals surface area (Å²) in [4.78, 5) is 24.5. The number of hydrogen-bond donors (Lipinski definition) is 2. The van der Waals surface area contributed by atoms with E-state index in [2.05, 4.69) is 5.32 Å². The smallest absolute Gasteiger partial charge is 0.321 e. The van der Waals surface area contributed by atoms with E-state index in [0.717, 1.165) is 0 Å². The number of ether oxygens (including phenoxy) is 2. The maximum absolute atomic E-state index is 12.1. The fourth-order valence-electron chi connectivity index (χ4n) is 2.23. The van der Waals surface area contributed by atoms with Crippen molar-refractivity contribution < 1.29 is 24.2 Å². The van der Waals surface area contributed by atoms with Gasteiger partial charge >= 0.3 is 12.0 Å². The molecular formula is C14H18N2O5. The van der Waals surface area contributed by atoms with Gasteiger partial charge in [-0.25, -0.2) is 4.79 Å². The lowest BCUT2D eigenvalue weighted by molar-refractivity contribution is -0.141. The molecule has 1 aliphatic heterocycles. The predicted octanol–water partition coefficient (Wildman–Crippen LogP) is 1.64. The molecule has 1 aliphatic rings. The zero-order valence-electron chi connectivity index (χ0n) is 12.0. The van der Waals surface area contributed by atoms with Gasteiger partial charge in [0.25, 0.3) is 0 Å². The molecule has 0 spiro atoms. The Balaban J connectivity index is 2.04. The van der Waals surface area contributed by atoms with Crippen LogP contribution in [0.1, 0.15) is 6.42 Å². The van der Waals surface area contributed by atoms with Crippen molar-refractivity contribution in [2.45, 2.75) is 6.42 Å². The van der Waals surface area contributed by atoms with Crippen LogP contribution in [0.15, 0.2) is 18.2 Å². The molecule has 1 heterocycles. The van der Waals surface area contributed by atoms with E-state index in [9.17, 15) is 9.59 Å². The number of methoxy groups -OCH3 is 2. The third kappa shape index (κ3) is 3.56. The number of benzene rings is 1. The Bertz CT molecular complexity index is 524. The van der Waals surface area contributed by atoms with Crippen molar-refractivity contribution in [2.75, 3.05) is 32.6 Å². The largest absolute Gasteiger partial charge is 0.497 e. The number of carboxylic acids is 1. The Morgan fingerprint density at radius 1 is 1.24 bits per heavy atom. The first kappa shape index (κ1) is 15.0. The van der Waals surface area contributed by atoms with Crippen LogP contribution in [0, 0.1) is 5.92 Å². The van der Waals surface area contributed by atoms with E-state index in [1.807, 2.05) is 0 Å². The number of amides is 2. The second-order valence-corrected chi connectivity index (χ2v) is 4.80. The third-order valence-corrected chi connectivity index (χ3v) is 3.43. The summed E-state index contributed by atoms with van der Waals surface area (Å²) in [6.45, 7) is 0.659. The summed E-state index contributed by atoms with van der Waals surface area (Å²) < 4.78 is 10.3. The van der Waals surface area contributed by atoms with Crippen molar-refractivity contribution in [3.63, 3.8) is 0 Å². The summed E-state index contributed by atoms with van der Waals surface area (Å²) >= 11 is 0. The van der Waals surface area contributed by atoms with E-state index in [0.29, 0.717) is 30.2 Å². The number of carbonyl (C=O) groups excluding carboxylic acids is 1. The SMILES string of the molecule is COc1cc(NC(=O)N2CCC(C(=O)O)C2)cc(OC)c1. The van der Waals surface area contributed by atoms with Crippen LogP contribution in [0.2, 0.25) is 0 Å². The average Bonchev–Trinajstić information content (AvgIpc) is 2.97. The lowest BCUT2D eigenvalue weighted by atomic mass is 10.1. The molecule has 1 fully saturated rings. The van der Waals surface area contributed by atoms with E-state index >= 15 is 0 Å². The number of hydrogen-bond acceptors (Lipinski definition) is 4. The normalized spacial score (nSPS) is 17.4. The zero-order valence-corrected chi connectivity index (χ0v) is 12.0. The highest BCUT2D eigenvalue weighted by Gasteiger charge is 2.30. The molecule has 21 heavy (non-hydrogen) atoms. The number of rotatable bonds is 4. The number of nitrogens with one attached hydrogen (secondary N) is 1. The summed E-state index contributed by atoms with van der Waals surface area (Å²) in [6.07, 6.45) is 0.476. The molecule has 114 valence electrons. The van der Waals surface area contributed by atoms with Gasteiger partial charge in [0.2, 0.25) is 0 Å². The number of carboxylic acid groups (broad SMARTS) is 1. The number of likely N-dealkylation sites (tertiary alicyclic amines) is 1. The molecule has 2 amide bonds. The topological polar surface area (TPSA) is 88.1 Å². The van der Waals surface area contributed by atoms with E-state index < -0.39 is 11.9 Å². The Labute approximate surface area is 122 Å². The minimum atomic E-state index is -0.867. The van der Waals surface area contributed by atoms with Gasteiger partial charge in [0, 0.05) is 37.0 Å². The maximum atomic E-state index is 12.1. The van der Waals surface area contributed by atoms with Gasteiger partial charge in [0.15, 0.2) is 0 Å². The van der Waals surface area contributed by atoms with Crippen molar-refractivity contribution in [1.29, 1.82) is 0 Å². The van der Waals surface area contributed by atoms with Crippen LogP contribution in [0.25, 0.3) is 0 Å². The summed E-state index contributed by atoms with van der Waals surface area (Å²) in [6, 6.07) is 4.72. The van der Waals surface area contributed by atoms with Crippen LogP contribution in [-0.2, 0) is 4.79 Å². The number of urea groups is 1. The lowest BCUT2D eigenvalue weighted by Gasteiger charge is -2.17. The van der Waals surface area contributed by atoms with Gasteiger partial charge in [-0.05, 0) is 6.42 Å². The molecule has 1 saturated heterocycles. The minimum absolute atomic E-state index is 0.224. The van der Waals surface area contributed by atoms with Crippen LogP contribution in [0.3, 0.4) is 0 Å². The molecule has 1 unspecified atom stereocenters. The van der Waals surface area contributed by atoms with Gasteiger partial charge < -0.3 is 24.8 Å². The molecule has 1 aromatic carbocycles. The van der Waals surface area contributed by atoms with Crippen LogP contribution < -0.4 is 14.8 Å². The van der Waals surface area contributed by atoms with Crippen LogP contribution in [-0.4, -0.2) is 49.3 Å². The standard InChI is InChI=1S/C14H18N2O5/c1-20-11-5-10(6-12(7-11)21-2)15-14(19)16-4-3-9(8-16)13(17)18/h5-7,9H,3-4,8H2,1-2H3,(H,15,19)(H,17,18). The van der Waals surface area contributed by atoms with Crippen molar-refractivity contribution in [3.8, 4) is 11.5 Å². The molecule has 2 rings (SSSR count). The first-order valence-electron chi connectivity index (χ1n) is 6.55. The second kappa shape index (κ2) is 6.34. The van der Waals surface area contributed by atoms with Gasteiger partial charge in [0.05, 0.1) is 20.1 Å². The highest BCUT2D eigenvalue weighted by Crippen LogP contribution is 2.26. The van der Waals surface area contributed by atoms with Gasteiger partial charge in [-0.2, -0.15) is 0 Å². The Kier molecular flexibility index (Phi) is 4.52. The molecule has 0 saturated carbocycles. The van der Waals surface area contributed by atoms with Crippen molar-refractivity contribution >= 4 is 17.7 Å². The molecular weight excluding hydrogens is 276 g/mol. The molecule has 2 N–H and O–H groups in total. The molecule has 0 aliphatic carbocycles. The van der Waals surface area contributed by atoms with Crippen LogP contribution in [0.5, 0.6) is 11.5 Å². The fraction of sp³-hybridized carbons (Fsp3) is 0.429. The van der Waals surface area contributed by atoms with E-state index in [1.165, 1.54) is 19.1 Å². The molecule has 7 nitrogen and oxygen atoms in total. The van der Waals surface area contributed by atoms with E-state index in [1.54, 1.807) is 18.2 Å². The zero-order chi connectivity index (χ0) is 15.4. The van der Waals surface area contributed by atoms with Gasteiger partial charge in [-0.1, -0.05) is 0 Å². The van der Waals surface area contributed by atoms with E-state index in [-0.39, 0.29) is 12.6 Å². The number of anilines is 1. The fourth-order valence-corrected chi connectivity index (χ4v) is 2.23. The monoisotopic (exact) mass is 294 g/mol. The summed E-state index contributed by atoms with van der Waals surface area (Å²) in [7, 11) is 3.05. The lowest BCUT2D eigenvalue weighted by Crippen LogP contribution is -2.33. The number of nitrogens with zero attached hydrogens (tertiary/aromatic N) is 1. The summed E-state index contributed by atoms with van der Waals surface area (Å²) in [5.41, 5.74) is 0.537. The van der Waals surface area contributed by atoms with Gasteiger partial charge in [-0.3, -0.25) is 4.79 Å². The number of carbonyl (C=O) groups is 2. The Morgan fingerprint density at radius 3 is 2.33 bits per heavy atom. The van der Waals surface area contributed by atoms with Crippen molar-refractivity contribution in [2.24, 2.45) is 5.92 Å². The first-order chi connectivity index (χ1) is 10.0. The average molecular weight is 294 g/mol. The van der Waals surface area contributed by atoms with Crippen molar-refractivity contribution in [3.05, 3.63) is 18.2 Å².